The summed E-state index contributed by atoms with van der Waals surface area (Å²) >= 11 is 0. The van der Waals surface area contributed by atoms with Gasteiger partial charge in [0.15, 0.2) is 0 Å². The van der Waals surface area contributed by atoms with Crippen molar-refractivity contribution in [2.24, 2.45) is 0 Å². The van der Waals surface area contributed by atoms with Crippen LogP contribution in [0.5, 0.6) is 0 Å². The summed E-state index contributed by atoms with van der Waals surface area (Å²) in [6.07, 6.45) is -3.45. The molecule has 1 unspecified atom stereocenters. The zero-order valence-electron chi connectivity index (χ0n) is 5.33. The highest BCUT2D eigenvalue weighted by molar-refractivity contribution is 4.72. The Balaban J connectivity index is 2.24. The molecule has 0 aliphatic carbocycles. The quantitative estimate of drug-likeness (QED) is 0.546. The van der Waals surface area contributed by atoms with Crippen molar-refractivity contribution in [1.82, 2.24) is 10.6 Å². The predicted octanol–water partition coefficient (Wildman–Crippen LogP) is 0.805. The third-order valence-corrected chi connectivity index (χ3v) is 1.40. The highest BCUT2D eigenvalue weighted by atomic mass is 19.4. The maximum Gasteiger partial charge on any atom is 0.458 e. The first-order valence-electron chi connectivity index (χ1n) is 3.16. The third-order valence-electron chi connectivity index (χ3n) is 1.40. The molecule has 0 amide bonds. The van der Waals surface area contributed by atoms with E-state index in [2.05, 4.69) is 5.32 Å². The van der Waals surface area contributed by atoms with Gasteiger partial charge < -0.3 is 5.32 Å². The van der Waals surface area contributed by atoms with Gasteiger partial charge in [-0.05, 0) is 19.4 Å². The number of hydrogen-bond acceptors (Lipinski definition) is 2. The molecule has 0 aromatic heterocycles. The van der Waals surface area contributed by atoms with Crippen LogP contribution in [-0.2, 0) is 0 Å². The molecular formula is C5H9F3N2. The highest BCUT2D eigenvalue weighted by Gasteiger charge is 2.31. The fourth-order valence-corrected chi connectivity index (χ4v) is 1.01. The van der Waals surface area contributed by atoms with E-state index < -0.39 is 12.5 Å². The number of hydrogen-bond donors (Lipinski definition) is 2. The van der Waals surface area contributed by atoms with Gasteiger partial charge in [-0.15, -0.1) is 0 Å². The summed E-state index contributed by atoms with van der Waals surface area (Å²) in [7, 11) is 0. The van der Waals surface area contributed by atoms with Crippen LogP contribution in [-0.4, -0.2) is 19.0 Å². The van der Waals surface area contributed by atoms with Gasteiger partial charge in [-0.3, -0.25) is 0 Å². The molecular weight excluding hydrogens is 145 g/mol. The van der Waals surface area contributed by atoms with Crippen LogP contribution in [0.4, 0.5) is 13.2 Å². The Labute approximate surface area is 56.8 Å². The van der Waals surface area contributed by atoms with Gasteiger partial charge >= 0.3 is 6.30 Å². The summed E-state index contributed by atoms with van der Waals surface area (Å²) in [5, 5.41) is 4.19. The summed E-state index contributed by atoms with van der Waals surface area (Å²) in [4.78, 5) is 0. The second kappa shape index (κ2) is 2.75. The molecule has 1 rings (SSSR count). The van der Waals surface area contributed by atoms with Crippen molar-refractivity contribution < 1.29 is 13.2 Å². The van der Waals surface area contributed by atoms with Crippen LogP contribution < -0.4 is 10.6 Å². The Morgan fingerprint density at radius 1 is 1.40 bits per heavy atom. The lowest BCUT2D eigenvalue weighted by Gasteiger charge is -2.14. The van der Waals surface area contributed by atoms with Gasteiger partial charge in [0.1, 0.15) is 0 Å². The standard InChI is InChI=1S/C5H9F3N2/c6-5(7,8)10-4-2-1-3-9-4/h4,9-10H,1-3H2. The van der Waals surface area contributed by atoms with Gasteiger partial charge in [0.05, 0.1) is 6.17 Å². The lowest BCUT2D eigenvalue weighted by atomic mass is 10.3. The SMILES string of the molecule is FC(F)(F)NC1CCCN1. The van der Waals surface area contributed by atoms with Gasteiger partial charge in [-0.1, -0.05) is 0 Å². The molecule has 2 nitrogen and oxygen atoms in total. The van der Waals surface area contributed by atoms with E-state index in [1.807, 2.05) is 0 Å². The monoisotopic (exact) mass is 154 g/mol. The summed E-state index contributed by atoms with van der Waals surface area (Å²) in [6, 6.07) is 0. The Bertz CT molecular complexity index is 106. The Morgan fingerprint density at radius 3 is 2.50 bits per heavy atom. The molecule has 0 saturated carbocycles. The second-order valence-electron chi connectivity index (χ2n) is 2.29. The van der Waals surface area contributed by atoms with E-state index in [1.165, 1.54) is 5.32 Å². The third kappa shape index (κ3) is 2.53. The number of halogens is 3. The van der Waals surface area contributed by atoms with Gasteiger partial charge in [0.2, 0.25) is 0 Å². The minimum absolute atomic E-state index is 0.555. The molecule has 60 valence electrons. The van der Waals surface area contributed by atoms with Crippen molar-refractivity contribution in [3.8, 4) is 0 Å². The molecule has 1 fully saturated rings. The first-order chi connectivity index (χ1) is 4.58. The Kier molecular flexibility index (Phi) is 2.15. The Hall–Kier alpha value is -0.290. The predicted molar refractivity (Wildman–Crippen MR) is 30.2 cm³/mol. The van der Waals surface area contributed by atoms with E-state index in [0.717, 1.165) is 6.42 Å². The molecule has 10 heavy (non-hydrogen) atoms. The smallest absolute Gasteiger partial charge is 0.302 e. The summed E-state index contributed by atoms with van der Waals surface area (Å²) in [5.41, 5.74) is 0. The van der Waals surface area contributed by atoms with Crippen molar-refractivity contribution >= 4 is 0 Å². The van der Waals surface area contributed by atoms with E-state index in [1.54, 1.807) is 0 Å². The molecule has 0 spiro atoms. The van der Waals surface area contributed by atoms with Crippen LogP contribution in [0.2, 0.25) is 0 Å². The van der Waals surface area contributed by atoms with Crippen LogP contribution in [0.15, 0.2) is 0 Å². The van der Waals surface area contributed by atoms with Crippen LogP contribution in [0, 0.1) is 0 Å². The Morgan fingerprint density at radius 2 is 2.10 bits per heavy atom. The first-order valence-corrected chi connectivity index (χ1v) is 3.16. The van der Waals surface area contributed by atoms with E-state index >= 15 is 0 Å². The number of nitrogens with one attached hydrogen (secondary N) is 2. The largest absolute Gasteiger partial charge is 0.458 e. The summed E-state index contributed by atoms with van der Waals surface area (Å²) in [5.74, 6) is 0. The van der Waals surface area contributed by atoms with Gasteiger partial charge in [0, 0.05) is 0 Å². The van der Waals surface area contributed by atoms with Gasteiger partial charge in [-0.2, -0.15) is 13.2 Å². The zero-order valence-corrected chi connectivity index (χ0v) is 5.33. The molecule has 1 saturated heterocycles. The fourth-order valence-electron chi connectivity index (χ4n) is 1.01. The zero-order chi connectivity index (χ0) is 7.61. The maximum atomic E-state index is 11.6. The average Bonchev–Trinajstić information content (AvgIpc) is 2.12. The second-order valence-corrected chi connectivity index (χ2v) is 2.29. The lowest BCUT2D eigenvalue weighted by molar-refractivity contribution is -0.165. The van der Waals surface area contributed by atoms with Crippen LogP contribution in [0.25, 0.3) is 0 Å². The van der Waals surface area contributed by atoms with Crippen molar-refractivity contribution in [2.75, 3.05) is 6.54 Å². The average molecular weight is 154 g/mol. The van der Waals surface area contributed by atoms with Gasteiger partial charge in [-0.25, -0.2) is 5.32 Å². The van der Waals surface area contributed by atoms with Crippen LogP contribution >= 0.6 is 0 Å². The molecule has 0 aromatic carbocycles. The van der Waals surface area contributed by atoms with Crippen LogP contribution in [0.1, 0.15) is 12.8 Å². The molecule has 1 aliphatic rings. The highest BCUT2D eigenvalue weighted by Crippen LogP contribution is 2.13. The minimum Gasteiger partial charge on any atom is -0.302 e. The molecule has 0 radical (unpaired) electrons. The van der Waals surface area contributed by atoms with Crippen molar-refractivity contribution in [2.45, 2.75) is 25.3 Å². The molecule has 1 atom stereocenters. The molecule has 1 aliphatic heterocycles. The molecule has 2 N–H and O–H groups in total. The molecule has 1 heterocycles. The molecule has 0 aromatic rings. The van der Waals surface area contributed by atoms with E-state index in [-0.39, 0.29) is 0 Å². The number of rotatable bonds is 1. The number of alkyl halides is 3. The van der Waals surface area contributed by atoms with E-state index in [4.69, 9.17) is 0 Å². The summed E-state index contributed by atoms with van der Waals surface area (Å²) < 4.78 is 34.7. The van der Waals surface area contributed by atoms with E-state index in [0.29, 0.717) is 13.0 Å². The summed E-state index contributed by atoms with van der Waals surface area (Å²) in [6.45, 7) is 0.674. The van der Waals surface area contributed by atoms with E-state index in [9.17, 15) is 13.2 Å². The lowest BCUT2D eigenvalue weighted by Crippen LogP contribution is -2.45. The van der Waals surface area contributed by atoms with Crippen LogP contribution in [0.3, 0.4) is 0 Å². The fraction of sp³-hybridized carbons (Fsp3) is 1.00. The normalized spacial score (nSPS) is 27.3. The van der Waals surface area contributed by atoms with Crippen molar-refractivity contribution in [3.63, 3.8) is 0 Å². The molecule has 5 heteroatoms. The minimum atomic E-state index is -4.25. The molecule has 0 bridgehead atoms. The van der Waals surface area contributed by atoms with Crippen molar-refractivity contribution in [1.29, 1.82) is 0 Å². The van der Waals surface area contributed by atoms with Crippen molar-refractivity contribution in [3.05, 3.63) is 0 Å². The topological polar surface area (TPSA) is 24.1 Å². The first kappa shape index (κ1) is 7.81. The maximum absolute atomic E-state index is 11.6. The van der Waals surface area contributed by atoms with Gasteiger partial charge in [0.25, 0.3) is 0 Å².